The molecule has 0 aliphatic carbocycles. The summed E-state index contributed by atoms with van der Waals surface area (Å²) >= 11 is 0. The van der Waals surface area contributed by atoms with Crippen LogP contribution < -0.4 is 5.32 Å². The molecule has 7 heteroatoms. The van der Waals surface area contributed by atoms with Gasteiger partial charge >= 0.3 is 0 Å². The first kappa shape index (κ1) is 13.2. The Balaban J connectivity index is 2.00. The van der Waals surface area contributed by atoms with Crippen molar-refractivity contribution in [1.29, 1.82) is 0 Å². The van der Waals surface area contributed by atoms with Gasteiger partial charge in [-0.2, -0.15) is 5.21 Å². The number of carbonyl (C=O) groups is 1. The Labute approximate surface area is 110 Å². The van der Waals surface area contributed by atoms with Crippen LogP contribution in [-0.4, -0.2) is 44.3 Å². The predicted molar refractivity (Wildman–Crippen MR) is 68.2 cm³/mol. The number of H-pyrrole nitrogens is 1. The average Bonchev–Trinajstić information content (AvgIpc) is 2.98. The van der Waals surface area contributed by atoms with Crippen molar-refractivity contribution in [2.45, 2.75) is 19.4 Å². The maximum absolute atomic E-state index is 11.8. The highest BCUT2D eigenvalue weighted by atomic mass is 16.3. The van der Waals surface area contributed by atoms with Crippen molar-refractivity contribution in [2.24, 2.45) is 0 Å². The van der Waals surface area contributed by atoms with Crippen LogP contribution in [0.1, 0.15) is 23.7 Å². The van der Waals surface area contributed by atoms with Crippen molar-refractivity contribution in [1.82, 2.24) is 25.9 Å². The van der Waals surface area contributed by atoms with Gasteiger partial charge in [-0.15, -0.1) is 10.2 Å². The van der Waals surface area contributed by atoms with Gasteiger partial charge in [0.25, 0.3) is 5.91 Å². The standard InChI is InChI=1S/C12H15N5O2/c1-2-10(18)7-13-12(19)9-5-3-8(4-6-9)11-14-16-17-15-11/h3-6,10,18H,2,7H2,1H3,(H,13,19)(H,14,15,16,17). The minimum absolute atomic E-state index is 0.216. The van der Waals surface area contributed by atoms with Crippen molar-refractivity contribution >= 4 is 5.91 Å². The summed E-state index contributed by atoms with van der Waals surface area (Å²) in [5.74, 6) is 0.264. The molecule has 0 fully saturated rings. The van der Waals surface area contributed by atoms with Crippen molar-refractivity contribution in [3.8, 4) is 11.4 Å². The summed E-state index contributed by atoms with van der Waals surface area (Å²) in [6.45, 7) is 2.11. The van der Waals surface area contributed by atoms with Crippen molar-refractivity contribution < 1.29 is 9.90 Å². The summed E-state index contributed by atoms with van der Waals surface area (Å²) in [4.78, 5) is 11.8. The van der Waals surface area contributed by atoms with E-state index in [2.05, 4.69) is 25.9 Å². The first-order valence-corrected chi connectivity index (χ1v) is 6.01. The molecule has 1 aromatic heterocycles. The minimum Gasteiger partial charge on any atom is -0.391 e. The van der Waals surface area contributed by atoms with Crippen molar-refractivity contribution in [2.75, 3.05) is 6.54 Å². The molecular formula is C12H15N5O2. The zero-order chi connectivity index (χ0) is 13.7. The summed E-state index contributed by atoms with van der Waals surface area (Å²) in [5.41, 5.74) is 1.30. The molecule has 1 amide bonds. The number of hydrogen-bond donors (Lipinski definition) is 3. The summed E-state index contributed by atoms with van der Waals surface area (Å²) in [5, 5.41) is 25.6. The highest BCUT2D eigenvalue weighted by molar-refractivity contribution is 5.94. The lowest BCUT2D eigenvalue weighted by Gasteiger charge is -2.09. The second-order valence-electron chi connectivity index (χ2n) is 4.08. The van der Waals surface area contributed by atoms with E-state index in [4.69, 9.17) is 0 Å². The van der Waals surface area contributed by atoms with Crippen molar-refractivity contribution in [3.05, 3.63) is 29.8 Å². The smallest absolute Gasteiger partial charge is 0.251 e. The zero-order valence-electron chi connectivity index (χ0n) is 10.5. The number of aliphatic hydroxyl groups is 1. The van der Waals surface area contributed by atoms with Gasteiger partial charge in [0.05, 0.1) is 6.10 Å². The Morgan fingerprint density at radius 1 is 1.42 bits per heavy atom. The molecule has 0 saturated heterocycles. The lowest BCUT2D eigenvalue weighted by atomic mass is 10.1. The molecule has 2 rings (SSSR count). The molecule has 19 heavy (non-hydrogen) atoms. The normalized spacial score (nSPS) is 12.1. The van der Waals surface area contributed by atoms with Crippen LogP contribution in [0.4, 0.5) is 0 Å². The van der Waals surface area contributed by atoms with Crippen LogP contribution in [0, 0.1) is 0 Å². The number of nitrogens with one attached hydrogen (secondary N) is 2. The number of tetrazole rings is 1. The number of hydrogen-bond acceptors (Lipinski definition) is 5. The van der Waals surface area contributed by atoms with Crippen LogP contribution in [0.3, 0.4) is 0 Å². The fourth-order valence-electron chi connectivity index (χ4n) is 1.51. The third-order valence-corrected chi connectivity index (χ3v) is 2.72. The van der Waals surface area contributed by atoms with Crippen LogP contribution >= 0.6 is 0 Å². The molecule has 0 aliphatic rings. The van der Waals surface area contributed by atoms with E-state index in [9.17, 15) is 9.90 Å². The summed E-state index contributed by atoms with van der Waals surface area (Å²) in [7, 11) is 0. The first-order valence-electron chi connectivity index (χ1n) is 6.01. The Morgan fingerprint density at radius 3 is 2.74 bits per heavy atom. The Kier molecular flexibility index (Phi) is 4.19. The Morgan fingerprint density at radius 2 is 2.16 bits per heavy atom. The van der Waals surface area contributed by atoms with Gasteiger partial charge in [-0.1, -0.05) is 19.1 Å². The van der Waals surface area contributed by atoms with Crippen LogP contribution in [0.2, 0.25) is 0 Å². The van der Waals surface area contributed by atoms with E-state index in [1.807, 2.05) is 6.92 Å². The number of carbonyl (C=O) groups excluding carboxylic acids is 1. The number of rotatable bonds is 5. The van der Waals surface area contributed by atoms with Crippen LogP contribution in [0.15, 0.2) is 24.3 Å². The van der Waals surface area contributed by atoms with E-state index in [0.717, 1.165) is 5.56 Å². The molecule has 1 atom stereocenters. The predicted octanol–water partition coefficient (Wildman–Crippen LogP) is 0.367. The summed E-state index contributed by atoms with van der Waals surface area (Å²) in [6, 6.07) is 6.85. The van der Waals surface area contributed by atoms with E-state index in [1.54, 1.807) is 24.3 Å². The van der Waals surface area contributed by atoms with E-state index in [0.29, 0.717) is 17.8 Å². The van der Waals surface area contributed by atoms with Gasteiger partial charge in [0.15, 0.2) is 0 Å². The van der Waals surface area contributed by atoms with Crippen LogP contribution in [0.5, 0.6) is 0 Å². The second kappa shape index (κ2) is 6.05. The first-order chi connectivity index (χ1) is 9.20. The van der Waals surface area contributed by atoms with E-state index < -0.39 is 6.10 Å². The lowest BCUT2D eigenvalue weighted by molar-refractivity contribution is 0.0914. The maximum Gasteiger partial charge on any atom is 0.251 e. The quantitative estimate of drug-likeness (QED) is 0.721. The van der Waals surface area contributed by atoms with Gasteiger partial charge in [0.2, 0.25) is 5.82 Å². The highest BCUT2D eigenvalue weighted by Crippen LogP contribution is 2.13. The molecule has 1 unspecified atom stereocenters. The second-order valence-corrected chi connectivity index (χ2v) is 4.08. The summed E-state index contributed by atoms with van der Waals surface area (Å²) in [6.07, 6.45) is 0.0967. The highest BCUT2D eigenvalue weighted by Gasteiger charge is 2.09. The van der Waals surface area contributed by atoms with Crippen LogP contribution in [0.25, 0.3) is 11.4 Å². The lowest BCUT2D eigenvalue weighted by Crippen LogP contribution is -2.31. The third kappa shape index (κ3) is 3.35. The van der Waals surface area contributed by atoms with E-state index in [1.165, 1.54) is 0 Å². The van der Waals surface area contributed by atoms with E-state index in [-0.39, 0.29) is 12.5 Å². The number of aromatic amines is 1. The molecule has 0 radical (unpaired) electrons. The maximum atomic E-state index is 11.8. The molecule has 0 aliphatic heterocycles. The monoisotopic (exact) mass is 261 g/mol. The third-order valence-electron chi connectivity index (χ3n) is 2.72. The van der Waals surface area contributed by atoms with Gasteiger partial charge in [-0.25, -0.2) is 0 Å². The SMILES string of the molecule is CCC(O)CNC(=O)c1ccc(-c2nn[nH]n2)cc1. The number of benzene rings is 1. The zero-order valence-corrected chi connectivity index (χ0v) is 10.5. The number of aliphatic hydroxyl groups excluding tert-OH is 1. The molecule has 0 spiro atoms. The minimum atomic E-state index is -0.512. The fourth-order valence-corrected chi connectivity index (χ4v) is 1.51. The number of amides is 1. The Hall–Kier alpha value is -2.28. The molecule has 1 heterocycles. The largest absolute Gasteiger partial charge is 0.391 e. The Bertz CT molecular complexity index is 524. The van der Waals surface area contributed by atoms with Gasteiger partial charge in [0, 0.05) is 17.7 Å². The molecular weight excluding hydrogens is 246 g/mol. The van der Waals surface area contributed by atoms with Gasteiger partial charge < -0.3 is 10.4 Å². The molecule has 0 saturated carbocycles. The van der Waals surface area contributed by atoms with E-state index >= 15 is 0 Å². The number of aromatic nitrogens is 4. The summed E-state index contributed by atoms with van der Waals surface area (Å²) < 4.78 is 0. The molecule has 7 nitrogen and oxygen atoms in total. The topological polar surface area (TPSA) is 104 Å². The van der Waals surface area contributed by atoms with Crippen LogP contribution in [-0.2, 0) is 0 Å². The molecule has 100 valence electrons. The molecule has 1 aromatic carbocycles. The van der Waals surface area contributed by atoms with Gasteiger partial charge in [-0.05, 0) is 23.8 Å². The average molecular weight is 261 g/mol. The molecule has 3 N–H and O–H groups in total. The fraction of sp³-hybridized carbons (Fsp3) is 0.333. The molecule has 2 aromatic rings. The molecule has 0 bridgehead atoms. The van der Waals surface area contributed by atoms with Crippen molar-refractivity contribution in [3.63, 3.8) is 0 Å². The van der Waals surface area contributed by atoms with Gasteiger partial charge in [-0.3, -0.25) is 4.79 Å². The van der Waals surface area contributed by atoms with Gasteiger partial charge in [0.1, 0.15) is 0 Å². The number of nitrogens with zero attached hydrogens (tertiary/aromatic N) is 3.